The number of carbonyl (C=O) groups is 2. The number of carboxylic acids is 1. The molecule has 2 heterocycles. The minimum atomic E-state index is -0.990. The molecule has 2 aromatic heterocycles. The second kappa shape index (κ2) is 6.57. The first-order valence-electron chi connectivity index (χ1n) is 6.67. The first-order valence-corrected chi connectivity index (χ1v) is 7.49. The molecule has 0 fully saturated rings. The Hall–Kier alpha value is -2.41. The monoisotopic (exact) mass is 320 g/mol. The van der Waals surface area contributed by atoms with Gasteiger partial charge in [0.25, 0.3) is 0 Å². The van der Waals surface area contributed by atoms with Crippen LogP contribution in [0.15, 0.2) is 6.20 Å². The van der Waals surface area contributed by atoms with Crippen molar-refractivity contribution in [1.29, 1.82) is 0 Å². The van der Waals surface area contributed by atoms with Gasteiger partial charge in [-0.2, -0.15) is 0 Å². The van der Waals surface area contributed by atoms with Crippen molar-refractivity contribution < 1.29 is 19.4 Å². The molecule has 2 rings (SSSR count). The molecule has 7 heteroatoms. The van der Waals surface area contributed by atoms with Crippen LogP contribution < -0.4 is 0 Å². The van der Waals surface area contributed by atoms with Gasteiger partial charge in [-0.15, -0.1) is 11.3 Å². The predicted octanol–water partition coefficient (Wildman–Crippen LogP) is 3.13. The molecule has 0 saturated heterocycles. The molecule has 0 aliphatic rings. The topological polar surface area (TPSA) is 92.3 Å². The van der Waals surface area contributed by atoms with Gasteiger partial charge in [0.2, 0.25) is 0 Å². The van der Waals surface area contributed by atoms with E-state index >= 15 is 0 Å². The molecule has 2 N–H and O–H groups in total. The molecule has 0 atom stereocenters. The molecule has 0 spiro atoms. The van der Waals surface area contributed by atoms with Crippen LogP contribution in [-0.2, 0) is 4.74 Å². The van der Waals surface area contributed by atoms with E-state index in [1.165, 1.54) is 6.20 Å². The minimum absolute atomic E-state index is 0.189. The van der Waals surface area contributed by atoms with E-state index in [1.807, 2.05) is 19.9 Å². The normalized spacial score (nSPS) is 11.0. The Morgan fingerprint density at radius 2 is 2.14 bits per heavy atom. The third-order valence-electron chi connectivity index (χ3n) is 3.10. The van der Waals surface area contributed by atoms with Gasteiger partial charge in [-0.25, -0.2) is 14.6 Å². The number of nitrogens with one attached hydrogen (secondary N) is 1. The Balaban J connectivity index is 2.27. The van der Waals surface area contributed by atoms with Crippen LogP contribution >= 0.6 is 11.3 Å². The average molecular weight is 320 g/mol. The fraction of sp³-hybridized carbons (Fsp3) is 0.267. The number of rotatable bonds is 5. The Morgan fingerprint density at radius 3 is 2.73 bits per heavy atom. The maximum atomic E-state index is 11.8. The van der Waals surface area contributed by atoms with E-state index in [9.17, 15) is 9.59 Å². The van der Waals surface area contributed by atoms with E-state index < -0.39 is 5.97 Å². The van der Waals surface area contributed by atoms with Gasteiger partial charge < -0.3 is 14.8 Å². The van der Waals surface area contributed by atoms with Gasteiger partial charge in [-0.3, -0.25) is 0 Å². The summed E-state index contributed by atoms with van der Waals surface area (Å²) in [6, 6.07) is 0. The Bertz CT molecular complexity index is 743. The number of hydrogen-bond acceptors (Lipinski definition) is 5. The number of nitrogens with zero attached hydrogens (tertiary/aromatic N) is 1. The van der Waals surface area contributed by atoms with Crippen molar-refractivity contribution in [2.24, 2.45) is 0 Å². The highest BCUT2D eigenvalue weighted by atomic mass is 32.1. The second-order valence-corrected chi connectivity index (χ2v) is 5.65. The third kappa shape index (κ3) is 3.25. The SMILES string of the molecule is CCOC(=O)c1[nH]c(C)c(/C=C/c2ncc(C(=O)O)s2)c1C. The number of esters is 1. The number of aromatic amines is 1. The largest absolute Gasteiger partial charge is 0.477 e. The minimum Gasteiger partial charge on any atom is -0.477 e. The lowest BCUT2D eigenvalue weighted by atomic mass is 10.1. The van der Waals surface area contributed by atoms with Gasteiger partial charge >= 0.3 is 11.9 Å². The lowest BCUT2D eigenvalue weighted by Gasteiger charge is -2.00. The molecule has 0 bridgehead atoms. The summed E-state index contributed by atoms with van der Waals surface area (Å²) in [4.78, 5) is 29.9. The summed E-state index contributed by atoms with van der Waals surface area (Å²) in [6.07, 6.45) is 4.87. The molecular formula is C15H16N2O4S. The molecule has 22 heavy (non-hydrogen) atoms. The lowest BCUT2D eigenvalue weighted by molar-refractivity contribution is 0.0518. The molecule has 0 radical (unpaired) electrons. The summed E-state index contributed by atoms with van der Waals surface area (Å²) in [6.45, 7) is 5.77. The molecule has 0 saturated carbocycles. The summed E-state index contributed by atoms with van der Waals surface area (Å²) in [5.74, 6) is -1.37. The first-order chi connectivity index (χ1) is 10.4. The summed E-state index contributed by atoms with van der Waals surface area (Å²) in [7, 11) is 0. The van der Waals surface area contributed by atoms with Crippen LogP contribution in [-0.4, -0.2) is 33.6 Å². The number of carboxylic acid groups (broad SMARTS) is 1. The van der Waals surface area contributed by atoms with Crippen LogP contribution in [0.1, 0.15) is 48.9 Å². The highest BCUT2D eigenvalue weighted by Crippen LogP contribution is 2.22. The van der Waals surface area contributed by atoms with Crippen LogP contribution in [0.5, 0.6) is 0 Å². The molecule has 0 aliphatic carbocycles. The van der Waals surface area contributed by atoms with Crippen molar-refractivity contribution in [3.63, 3.8) is 0 Å². The van der Waals surface area contributed by atoms with Gasteiger partial charge in [0, 0.05) is 5.69 Å². The molecule has 0 aliphatic heterocycles. The number of thiazole rings is 1. The Labute approximate surface area is 131 Å². The van der Waals surface area contributed by atoms with Crippen molar-refractivity contribution in [3.8, 4) is 0 Å². The summed E-state index contributed by atoms with van der Waals surface area (Å²) < 4.78 is 5.00. The predicted molar refractivity (Wildman–Crippen MR) is 84.2 cm³/mol. The van der Waals surface area contributed by atoms with Crippen molar-refractivity contribution in [2.75, 3.05) is 6.61 Å². The van der Waals surface area contributed by atoms with Crippen molar-refractivity contribution in [1.82, 2.24) is 9.97 Å². The highest BCUT2D eigenvalue weighted by Gasteiger charge is 2.16. The quantitative estimate of drug-likeness (QED) is 0.826. The zero-order chi connectivity index (χ0) is 16.3. The number of aromatic nitrogens is 2. The van der Waals surface area contributed by atoms with Crippen molar-refractivity contribution >= 4 is 35.4 Å². The summed E-state index contributed by atoms with van der Waals surface area (Å²) in [5.41, 5.74) is 2.94. The number of aryl methyl sites for hydroxylation is 1. The lowest BCUT2D eigenvalue weighted by Crippen LogP contribution is -2.06. The Kier molecular flexibility index (Phi) is 4.77. The molecule has 116 valence electrons. The van der Waals surface area contributed by atoms with E-state index in [2.05, 4.69) is 9.97 Å². The standard InChI is InChI=1S/C15H16N2O4S/c1-4-21-15(20)13-8(2)10(9(3)17-13)5-6-12-16-7-11(22-12)14(18)19/h5-7,17H,4H2,1-3H3,(H,18,19)/b6-5+. The summed E-state index contributed by atoms with van der Waals surface area (Å²) >= 11 is 1.09. The number of aromatic carboxylic acids is 1. The number of hydrogen-bond donors (Lipinski definition) is 2. The van der Waals surface area contributed by atoms with Crippen molar-refractivity contribution in [2.45, 2.75) is 20.8 Å². The zero-order valence-corrected chi connectivity index (χ0v) is 13.3. The van der Waals surface area contributed by atoms with Crippen LogP contribution in [0.3, 0.4) is 0 Å². The van der Waals surface area contributed by atoms with E-state index in [0.29, 0.717) is 17.3 Å². The van der Waals surface area contributed by atoms with Crippen molar-refractivity contribution in [3.05, 3.63) is 38.6 Å². The maximum Gasteiger partial charge on any atom is 0.355 e. The highest BCUT2D eigenvalue weighted by molar-refractivity contribution is 7.14. The van der Waals surface area contributed by atoms with Gasteiger partial charge in [0.05, 0.1) is 12.8 Å². The number of H-pyrrole nitrogens is 1. The zero-order valence-electron chi connectivity index (χ0n) is 12.5. The summed E-state index contributed by atoms with van der Waals surface area (Å²) in [5, 5.41) is 9.47. The van der Waals surface area contributed by atoms with E-state index in [1.54, 1.807) is 13.0 Å². The van der Waals surface area contributed by atoms with E-state index in [4.69, 9.17) is 9.84 Å². The first kappa shape index (κ1) is 16.0. The van der Waals surface area contributed by atoms with Crippen LogP contribution in [0, 0.1) is 13.8 Å². The Morgan fingerprint density at radius 1 is 1.41 bits per heavy atom. The molecular weight excluding hydrogens is 304 g/mol. The van der Waals surface area contributed by atoms with Crippen LogP contribution in [0.25, 0.3) is 12.2 Å². The third-order valence-corrected chi connectivity index (χ3v) is 4.05. The molecule has 6 nitrogen and oxygen atoms in total. The van der Waals surface area contributed by atoms with E-state index in [-0.39, 0.29) is 10.8 Å². The van der Waals surface area contributed by atoms with Gasteiger partial charge in [-0.1, -0.05) is 0 Å². The molecule has 0 aromatic carbocycles. The van der Waals surface area contributed by atoms with Crippen LogP contribution in [0.2, 0.25) is 0 Å². The van der Waals surface area contributed by atoms with Gasteiger partial charge in [0.1, 0.15) is 15.6 Å². The average Bonchev–Trinajstić information content (AvgIpc) is 3.03. The van der Waals surface area contributed by atoms with Crippen LogP contribution in [0.4, 0.5) is 0 Å². The fourth-order valence-electron chi connectivity index (χ4n) is 2.04. The second-order valence-electron chi connectivity index (χ2n) is 4.59. The smallest absolute Gasteiger partial charge is 0.355 e. The maximum absolute atomic E-state index is 11.8. The van der Waals surface area contributed by atoms with E-state index in [0.717, 1.165) is 28.2 Å². The van der Waals surface area contributed by atoms with Gasteiger partial charge in [-0.05, 0) is 44.1 Å². The number of ether oxygens (including phenoxy) is 1. The molecule has 0 unspecified atom stereocenters. The number of carbonyl (C=O) groups excluding carboxylic acids is 1. The fourth-order valence-corrected chi connectivity index (χ4v) is 2.70. The molecule has 2 aromatic rings. The van der Waals surface area contributed by atoms with Gasteiger partial charge in [0.15, 0.2) is 0 Å². The molecule has 0 amide bonds.